The summed E-state index contributed by atoms with van der Waals surface area (Å²) < 4.78 is 19.4. The molecule has 1 unspecified atom stereocenters. The Hall–Kier alpha value is -1.14. The number of benzene rings is 1. The van der Waals surface area contributed by atoms with E-state index >= 15 is 0 Å². The lowest BCUT2D eigenvalue weighted by atomic mass is 10.2. The molecule has 6 heteroatoms. The van der Waals surface area contributed by atoms with Gasteiger partial charge in [0.25, 0.3) is 0 Å². The van der Waals surface area contributed by atoms with Crippen LogP contribution in [-0.2, 0) is 11.3 Å². The first-order valence-electron chi connectivity index (χ1n) is 6.61. The molecule has 0 aliphatic carbocycles. The van der Waals surface area contributed by atoms with E-state index in [2.05, 4.69) is 21.2 Å². The number of amides is 2. The highest BCUT2D eigenvalue weighted by Crippen LogP contribution is 2.17. The Morgan fingerprint density at radius 3 is 3.10 bits per heavy atom. The summed E-state index contributed by atoms with van der Waals surface area (Å²) in [5.74, 6) is -0.315. The predicted octanol–water partition coefficient (Wildman–Crippen LogP) is 2.91. The van der Waals surface area contributed by atoms with Gasteiger partial charge in [-0.15, -0.1) is 0 Å². The number of hydrogen-bond acceptors (Lipinski definition) is 2. The second kappa shape index (κ2) is 7.04. The summed E-state index contributed by atoms with van der Waals surface area (Å²) in [5.41, 5.74) is 0.712. The molecular formula is C14H18BrFN2O2. The lowest BCUT2D eigenvalue weighted by Crippen LogP contribution is -2.40. The Balaban J connectivity index is 1.83. The third-order valence-electron chi connectivity index (χ3n) is 3.29. The summed E-state index contributed by atoms with van der Waals surface area (Å²) in [5, 5.41) is 2.78. The van der Waals surface area contributed by atoms with Crippen LogP contribution in [0.2, 0.25) is 0 Å². The van der Waals surface area contributed by atoms with Crippen molar-refractivity contribution in [2.45, 2.75) is 25.5 Å². The number of urea groups is 1. The third kappa shape index (κ3) is 4.18. The van der Waals surface area contributed by atoms with Gasteiger partial charge in [0.05, 0.1) is 6.10 Å². The lowest BCUT2D eigenvalue weighted by Gasteiger charge is -2.21. The number of rotatable bonds is 4. The number of ether oxygens (including phenoxy) is 1. The van der Waals surface area contributed by atoms with Gasteiger partial charge in [-0.2, -0.15) is 0 Å². The van der Waals surface area contributed by atoms with E-state index in [1.807, 2.05) is 0 Å². The van der Waals surface area contributed by atoms with Crippen LogP contribution in [0.1, 0.15) is 18.4 Å². The standard InChI is InChI=1S/C14H18BrFN2O2/c1-18(9-12-3-2-6-20-12)14(19)17-8-10-7-11(16)4-5-13(10)15/h4-5,7,12H,2-3,6,8-9H2,1H3,(H,17,19). The summed E-state index contributed by atoms with van der Waals surface area (Å²) in [7, 11) is 1.73. The predicted molar refractivity (Wildman–Crippen MR) is 77.9 cm³/mol. The molecule has 0 saturated carbocycles. The van der Waals surface area contributed by atoms with Crippen LogP contribution >= 0.6 is 15.9 Å². The monoisotopic (exact) mass is 344 g/mol. The summed E-state index contributed by atoms with van der Waals surface area (Å²) in [6.45, 7) is 1.64. The Labute approximate surface area is 126 Å². The van der Waals surface area contributed by atoms with Crippen molar-refractivity contribution in [2.24, 2.45) is 0 Å². The highest BCUT2D eigenvalue weighted by atomic mass is 79.9. The fourth-order valence-corrected chi connectivity index (χ4v) is 2.55. The normalized spacial score (nSPS) is 18.1. The first kappa shape index (κ1) is 15.3. The largest absolute Gasteiger partial charge is 0.376 e. The average Bonchev–Trinajstić information content (AvgIpc) is 2.92. The van der Waals surface area contributed by atoms with E-state index in [-0.39, 0.29) is 24.5 Å². The minimum Gasteiger partial charge on any atom is -0.376 e. The summed E-state index contributed by atoms with van der Waals surface area (Å²) in [4.78, 5) is 13.6. The Bertz CT molecular complexity index is 478. The molecule has 1 N–H and O–H groups in total. The Morgan fingerprint density at radius 2 is 2.40 bits per heavy atom. The molecule has 0 aromatic heterocycles. The van der Waals surface area contributed by atoms with Gasteiger partial charge in [-0.1, -0.05) is 15.9 Å². The van der Waals surface area contributed by atoms with Gasteiger partial charge in [-0.05, 0) is 36.6 Å². The van der Waals surface area contributed by atoms with E-state index in [1.54, 1.807) is 18.0 Å². The zero-order valence-electron chi connectivity index (χ0n) is 11.4. The van der Waals surface area contributed by atoms with Gasteiger partial charge in [0.2, 0.25) is 0 Å². The highest BCUT2D eigenvalue weighted by molar-refractivity contribution is 9.10. The molecule has 2 amide bonds. The zero-order valence-corrected chi connectivity index (χ0v) is 13.0. The molecule has 0 spiro atoms. The fraction of sp³-hybridized carbons (Fsp3) is 0.500. The molecule has 0 radical (unpaired) electrons. The SMILES string of the molecule is CN(CC1CCCO1)C(=O)NCc1cc(F)ccc1Br. The summed E-state index contributed by atoms with van der Waals surface area (Å²) in [6, 6.07) is 4.23. The molecule has 1 aliphatic heterocycles. The van der Waals surface area contributed by atoms with E-state index in [0.29, 0.717) is 12.1 Å². The number of hydrogen-bond donors (Lipinski definition) is 1. The van der Waals surface area contributed by atoms with Crippen molar-refractivity contribution in [3.8, 4) is 0 Å². The number of nitrogens with zero attached hydrogens (tertiary/aromatic N) is 1. The van der Waals surface area contributed by atoms with Crippen molar-refractivity contribution < 1.29 is 13.9 Å². The molecule has 1 aliphatic rings. The molecule has 1 fully saturated rings. The Morgan fingerprint density at radius 1 is 1.60 bits per heavy atom. The molecule has 1 atom stereocenters. The zero-order chi connectivity index (χ0) is 14.5. The first-order valence-corrected chi connectivity index (χ1v) is 7.40. The van der Waals surface area contributed by atoms with Crippen LogP contribution in [0.3, 0.4) is 0 Å². The molecule has 110 valence electrons. The molecular weight excluding hydrogens is 327 g/mol. The quantitative estimate of drug-likeness (QED) is 0.912. The smallest absolute Gasteiger partial charge is 0.317 e. The van der Waals surface area contributed by atoms with Gasteiger partial charge >= 0.3 is 6.03 Å². The van der Waals surface area contributed by atoms with Crippen LogP contribution < -0.4 is 5.32 Å². The number of carbonyl (C=O) groups excluding carboxylic acids is 1. The minimum atomic E-state index is -0.315. The van der Waals surface area contributed by atoms with Crippen molar-refractivity contribution in [3.63, 3.8) is 0 Å². The van der Waals surface area contributed by atoms with Crippen molar-refractivity contribution in [2.75, 3.05) is 20.2 Å². The van der Waals surface area contributed by atoms with Crippen LogP contribution in [0.4, 0.5) is 9.18 Å². The first-order chi connectivity index (χ1) is 9.56. The number of carbonyl (C=O) groups is 1. The van der Waals surface area contributed by atoms with Crippen molar-refractivity contribution in [1.29, 1.82) is 0 Å². The van der Waals surface area contributed by atoms with Gasteiger partial charge in [0.1, 0.15) is 5.82 Å². The summed E-state index contributed by atoms with van der Waals surface area (Å²) in [6.07, 6.45) is 2.18. The van der Waals surface area contributed by atoms with E-state index in [0.717, 1.165) is 23.9 Å². The molecule has 20 heavy (non-hydrogen) atoms. The van der Waals surface area contributed by atoms with Gasteiger partial charge in [-0.3, -0.25) is 0 Å². The fourth-order valence-electron chi connectivity index (χ4n) is 2.16. The molecule has 1 aromatic rings. The van der Waals surface area contributed by atoms with Gasteiger partial charge in [0, 0.05) is 31.2 Å². The second-order valence-electron chi connectivity index (χ2n) is 4.91. The number of halogens is 2. The van der Waals surface area contributed by atoms with Crippen LogP contribution in [0.5, 0.6) is 0 Å². The van der Waals surface area contributed by atoms with E-state index in [9.17, 15) is 9.18 Å². The molecule has 4 nitrogen and oxygen atoms in total. The second-order valence-corrected chi connectivity index (χ2v) is 5.76. The van der Waals surface area contributed by atoms with Crippen LogP contribution in [-0.4, -0.2) is 37.2 Å². The maximum Gasteiger partial charge on any atom is 0.317 e. The van der Waals surface area contributed by atoms with Crippen LogP contribution in [0.15, 0.2) is 22.7 Å². The van der Waals surface area contributed by atoms with E-state index in [4.69, 9.17) is 4.74 Å². The van der Waals surface area contributed by atoms with Gasteiger partial charge < -0.3 is 15.0 Å². The lowest BCUT2D eigenvalue weighted by molar-refractivity contribution is 0.0874. The Kier molecular flexibility index (Phi) is 5.37. The van der Waals surface area contributed by atoms with Crippen LogP contribution in [0.25, 0.3) is 0 Å². The molecule has 0 bridgehead atoms. The van der Waals surface area contributed by atoms with E-state index < -0.39 is 0 Å². The van der Waals surface area contributed by atoms with Crippen molar-refractivity contribution in [3.05, 3.63) is 34.1 Å². The third-order valence-corrected chi connectivity index (χ3v) is 4.06. The van der Waals surface area contributed by atoms with E-state index in [1.165, 1.54) is 12.1 Å². The number of nitrogens with one attached hydrogen (secondary N) is 1. The topological polar surface area (TPSA) is 41.6 Å². The average molecular weight is 345 g/mol. The molecule has 2 rings (SSSR count). The maximum absolute atomic E-state index is 13.1. The maximum atomic E-state index is 13.1. The van der Waals surface area contributed by atoms with Gasteiger partial charge in [0.15, 0.2) is 0 Å². The summed E-state index contributed by atoms with van der Waals surface area (Å²) >= 11 is 3.34. The van der Waals surface area contributed by atoms with Gasteiger partial charge in [-0.25, -0.2) is 9.18 Å². The van der Waals surface area contributed by atoms with Crippen molar-refractivity contribution in [1.82, 2.24) is 10.2 Å². The molecule has 1 heterocycles. The minimum absolute atomic E-state index is 0.131. The van der Waals surface area contributed by atoms with Crippen molar-refractivity contribution >= 4 is 22.0 Å². The highest BCUT2D eigenvalue weighted by Gasteiger charge is 2.19. The number of likely N-dealkylation sites (N-methyl/N-ethyl adjacent to an activating group) is 1. The molecule has 1 saturated heterocycles. The molecule has 1 aromatic carbocycles. The van der Waals surface area contributed by atoms with Crippen LogP contribution in [0, 0.1) is 5.82 Å².